The number of nitrogens with one attached hydrogen (secondary N) is 1. The molecule has 1 aliphatic rings. The summed E-state index contributed by atoms with van der Waals surface area (Å²) in [5.41, 5.74) is 2.93. The minimum absolute atomic E-state index is 0.249. The van der Waals surface area contributed by atoms with Crippen molar-refractivity contribution in [1.82, 2.24) is 25.2 Å². The van der Waals surface area contributed by atoms with Gasteiger partial charge in [-0.05, 0) is 44.5 Å². The van der Waals surface area contributed by atoms with E-state index < -0.39 is 0 Å². The minimum Gasteiger partial charge on any atom is -0.361 e. The molecule has 3 heterocycles. The highest BCUT2D eigenvalue weighted by Crippen LogP contribution is 2.24. The summed E-state index contributed by atoms with van der Waals surface area (Å²) in [5, 5.41) is 16.2. The third-order valence-corrected chi connectivity index (χ3v) is 4.80. The zero-order valence-electron chi connectivity index (χ0n) is 14.3. The molecule has 0 aliphatic carbocycles. The Hall–Kier alpha value is -2.54. The lowest BCUT2D eigenvalue weighted by Crippen LogP contribution is -2.37. The normalized spacial score (nSPS) is 16.8. The quantitative estimate of drug-likeness (QED) is 0.790. The zero-order chi connectivity index (χ0) is 17.4. The molecule has 6 nitrogen and oxygen atoms in total. The molecule has 4 rings (SSSR count). The Bertz CT molecular complexity index is 864. The van der Waals surface area contributed by atoms with E-state index in [4.69, 9.17) is 4.52 Å². The van der Waals surface area contributed by atoms with Crippen molar-refractivity contribution >= 4 is 0 Å². The first kappa shape index (κ1) is 16.0. The van der Waals surface area contributed by atoms with E-state index in [0.717, 1.165) is 60.2 Å². The summed E-state index contributed by atoms with van der Waals surface area (Å²) in [6, 6.07) is 6.71. The molecule has 1 atom stereocenters. The maximum Gasteiger partial charge on any atom is 0.164 e. The average molecular weight is 341 g/mol. The van der Waals surface area contributed by atoms with E-state index in [0.29, 0.717) is 6.04 Å². The van der Waals surface area contributed by atoms with Crippen molar-refractivity contribution in [3.05, 3.63) is 52.9 Å². The first-order valence-corrected chi connectivity index (χ1v) is 8.45. The molecule has 3 aromatic rings. The van der Waals surface area contributed by atoms with Gasteiger partial charge in [-0.1, -0.05) is 5.16 Å². The zero-order valence-corrected chi connectivity index (χ0v) is 14.3. The van der Waals surface area contributed by atoms with Crippen LogP contribution in [0.15, 0.2) is 28.8 Å². The number of hydrogen-bond acceptors (Lipinski definition) is 5. The Balaban J connectivity index is 1.51. The first-order chi connectivity index (χ1) is 12.1. The van der Waals surface area contributed by atoms with Crippen LogP contribution in [-0.4, -0.2) is 26.0 Å². The molecular formula is C18H20FN5O. The van der Waals surface area contributed by atoms with Crippen LogP contribution in [0.4, 0.5) is 4.39 Å². The first-order valence-electron chi connectivity index (χ1n) is 8.45. The van der Waals surface area contributed by atoms with Crippen LogP contribution in [0.25, 0.3) is 11.4 Å². The van der Waals surface area contributed by atoms with Gasteiger partial charge in [0.15, 0.2) is 5.82 Å². The van der Waals surface area contributed by atoms with Gasteiger partial charge in [-0.25, -0.2) is 4.39 Å². The van der Waals surface area contributed by atoms with Crippen molar-refractivity contribution in [3.63, 3.8) is 0 Å². The van der Waals surface area contributed by atoms with Crippen LogP contribution in [0, 0.1) is 19.7 Å². The molecule has 0 saturated heterocycles. The van der Waals surface area contributed by atoms with E-state index in [1.807, 2.05) is 13.8 Å². The molecule has 0 bridgehead atoms. The number of rotatable bonds is 4. The Kier molecular flexibility index (Phi) is 4.09. The maximum atomic E-state index is 13.2. The van der Waals surface area contributed by atoms with Gasteiger partial charge in [0.25, 0.3) is 0 Å². The van der Waals surface area contributed by atoms with Gasteiger partial charge < -0.3 is 14.4 Å². The van der Waals surface area contributed by atoms with Crippen molar-refractivity contribution in [1.29, 1.82) is 0 Å². The second-order valence-corrected chi connectivity index (χ2v) is 6.48. The number of fused-ring (bicyclic) bond motifs is 1. The molecule has 130 valence electrons. The highest BCUT2D eigenvalue weighted by molar-refractivity contribution is 5.55. The van der Waals surface area contributed by atoms with Crippen LogP contribution < -0.4 is 5.32 Å². The second-order valence-electron chi connectivity index (χ2n) is 6.48. The maximum absolute atomic E-state index is 13.2. The molecule has 0 amide bonds. The summed E-state index contributed by atoms with van der Waals surface area (Å²) < 4.78 is 20.5. The molecule has 0 unspecified atom stereocenters. The molecule has 7 heteroatoms. The van der Waals surface area contributed by atoms with Crippen molar-refractivity contribution in [3.8, 4) is 11.4 Å². The summed E-state index contributed by atoms with van der Waals surface area (Å²) in [6.07, 6.45) is 1.87. The second kappa shape index (κ2) is 6.40. The lowest BCUT2D eigenvalue weighted by atomic mass is 10.1. The van der Waals surface area contributed by atoms with Gasteiger partial charge in [-0.15, -0.1) is 10.2 Å². The summed E-state index contributed by atoms with van der Waals surface area (Å²) in [6.45, 7) is 5.41. The Morgan fingerprint density at radius 2 is 2.04 bits per heavy atom. The largest absolute Gasteiger partial charge is 0.361 e. The summed E-state index contributed by atoms with van der Waals surface area (Å²) in [7, 11) is 0. The molecule has 1 N–H and O–H groups in total. The van der Waals surface area contributed by atoms with E-state index in [2.05, 4.69) is 25.2 Å². The highest BCUT2D eigenvalue weighted by atomic mass is 19.1. The van der Waals surface area contributed by atoms with Crippen LogP contribution in [0.3, 0.4) is 0 Å². The van der Waals surface area contributed by atoms with Gasteiger partial charge in [0.1, 0.15) is 17.4 Å². The third kappa shape index (κ3) is 3.07. The number of benzene rings is 1. The van der Waals surface area contributed by atoms with Gasteiger partial charge in [0.2, 0.25) is 0 Å². The topological polar surface area (TPSA) is 68.8 Å². The fourth-order valence-electron chi connectivity index (χ4n) is 3.31. The van der Waals surface area contributed by atoms with E-state index in [-0.39, 0.29) is 5.82 Å². The molecule has 25 heavy (non-hydrogen) atoms. The van der Waals surface area contributed by atoms with E-state index in [1.54, 1.807) is 12.1 Å². The molecule has 0 radical (unpaired) electrons. The molecule has 1 aliphatic heterocycles. The number of hydrogen-bond donors (Lipinski definition) is 1. The fourth-order valence-corrected chi connectivity index (χ4v) is 3.31. The van der Waals surface area contributed by atoms with E-state index in [9.17, 15) is 4.39 Å². The van der Waals surface area contributed by atoms with Crippen LogP contribution in [-0.2, 0) is 19.5 Å². The summed E-state index contributed by atoms with van der Waals surface area (Å²) in [4.78, 5) is 0. The molecule has 0 spiro atoms. The smallest absolute Gasteiger partial charge is 0.164 e. The monoisotopic (exact) mass is 341 g/mol. The highest BCUT2D eigenvalue weighted by Gasteiger charge is 2.23. The van der Waals surface area contributed by atoms with Gasteiger partial charge in [0, 0.05) is 36.7 Å². The molecule has 1 aromatic carbocycles. The summed E-state index contributed by atoms with van der Waals surface area (Å²) in [5.74, 6) is 2.38. The lowest BCUT2D eigenvalue weighted by Gasteiger charge is -2.25. The third-order valence-electron chi connectivity index (χ3n) is 4.80. The minimum atomic E-state index is -0.249. The van der Waals surface area contributed by atoms with Crippen LogP contribution in [0.5, 0.6) is 0 Å². The predicted molar refractivity (Wildman–Crippen MR) is 90.3 cm³/mol. The standard InChI is InChI=1S/C18H20FN5O/c1-11-16(12(2)25-23-11)9-20-15-7-8-17-21-22-18(24(17)10-15)13-3-5-14(19)6-4-13/h3-6,15,20H,7-10H2,1-2H3/t15-/m1/s1. The molecule has 0 saturated carbocycles. The fraction of sp³-hybridized carbons (Fsp3) is 0.389. The van der Waals surface area contributed by atoms with Crippen LogP contribution in [0.1, 0.15) is 29.3 Å². The van der Waals surface area contributed by atoms with E-state index in [1.165, 1.54) is 12.1 Å². The van der Waals surface area contributed by atoms with Crippen molar-refractivity contribution < 1.29 is 8.91 Å². The Labute approximate surface area is 145 Å². The van der Waals surface area contributed by atoms with Crippen LogP contribution >= 0.6 is 0 Å². The lowest BCUT2D eigenvalue weighted by molar-refractivity contribution is 0.375. The van der Waals surface area contributed by atoms with Crippen molar-refractivity contribution in [2.75, 3.05) is 0 Å². The van der Waals surface area contributed by atoms with E-state index >= 15 is 0 Å². The number of aryl methyl sites for hydroxylation is 3. The van der Waals surface area contributed by atoms with Gasteiger partial charge in [-0.3, -0.25) is 0 Å². The van der Waals surface area contributed by atoms with Crippen molar-refractivity contribution in [2.24, 2.45) is 0 Å². The van der Waals surface area contributed by atoms with Gasteiger partial charge in [0.05, 0.1) is 5.69 Å². The predicted octanol–water partition coefficient (Wildman–Crippen LogP) is 2.79. The average Bonchev–Trinajstić information content (AvgIpc) is 3.17. The molecule has 2 aromatic heterocycles. The SMILES string of the molecule is Cc1noc(C)c1CN[C@@H]1CCc2nnc(-c3ccc(F)cc3)n2C1. The van der Waals surface area contributed by atoms with Crippen molar-refractivity contribution in [2.45, 2.75) is 45.8 Å². The number of nitrogens with zero attached hydrogens (tertiary/aromatic N) is 4. The number of aromatic nitrogens is 4. The Morgan fingerprint density at radius 3 is 2.76 bits per heavy atom. The van der Waals surface area contributed by atoms with Crippen LogP contribution in [0.2, 0.25) is 0 Å². The Morgan fingerprint density at radius 1 is 1.24 bits per heavy atom. The summed E-state index contributed by atoms with van der Waals surface area (Å²) >= 11 is 0. The van der Waals surface area contributed by atoms with Gasteiger partial charge in [-0.2, -0.15) is 0 Å². The number of halogens is 1. The van der Waals surface area contributed by atoms with Gasteiger partial charge >= 0.3 is 0 Å². The molecular weight excluding hydrogens is 321 g/mol. The molecule has 0 fully saturated rings.